The van der Waals surface area contributed by atoms with Crippen LogP contribution in [0.2, 0.25) is 0 Å². The maximum absolute atomic E-state index is 5.76. The van der Waals surface area contributed by atoms with Gasteiger partial charge in [-0.1, -0.05) is 19.1 Å². The molecule has 0 amide bonds. The minimum atomic E-state index is 0.292. The number of rotatable bonds is 7. The lowest BCUT2D eigenvalue weighted by molar-refractivity contribution is 0.313. The highest BCUT2D eigenvalue weighted by atomic mass is 32.2. The second-order valence-electron chi connectivity index (χ2n) is 4.58. The van der Waals surface area contributed by atoms with Crippen LogP contribution in [-0.4, -0.2) is 30.3 Å². The van der Waals surface area contributed by atoms with Gasteiger partial charge in [-0.15, -0.1) is 11.8 Å². The number of thioether (sulfide) groups is 1. The summed E-state index contributed by atoms with van der Waals surface area (Å²) in [6, 6.07) is 9.16. The van der Waals surface area contributed by atoms with Crippen molar-refractivity contribution in [3.8, 4) is 0 Å². The van der Waals surface area contributed by atoms with Crippen LogP contribution in [-0.2, 0) is 6.54 Å². The Kier molecular flexibility index (Phi) is 6.63. The van der Waals surface area contributed by atoms with Gasteiger partial charge in [0.2, 0.25) is 0 Å². The minimum absolute atomic E-state index is 0.292. The van der Waals surface area contributed by atoms with E-state index in [1.165, 1.54) is 10.5 Å². The lowest BCUT2D eigenvalue weighted by Gasteiger charge is -2.18. The minimum Gasteiger partial charge on any atom is -0.328 e. The lowest BCUT2D eigenvalue weighted by atomic mass is 10.2. The van der Waals surface area contributed by atoms with Crippen LogP contribution in [0.4, 0.5) is 0 Å². The van der Waals surface area contributed by atoms with E-state index in [9.17, 15) is 0 Å². The summed E-state index contributed by atoms with van der Waals surface area (Å²) in [4.78, 5) is 3.68. The molecule has 1 aromatic rings. The molecule has 3 heteroatoms. The molecule has 0 fully saturated rings. The Morgan fingerprint density at radius 2 is 1.94 bits per heavy atom. The van der Waals surface area contributed by atoms with Crippen LogP contribution in [0.1, 0.15) is 25.8 Å². The van der Waals surface area contributed by atoms with Crippen molar-refractivity contribution in [2.24, 2.45) is 5.73 Å². The molecule has 0 aliphatic rings. The first-order valence-corrected chi connectivity index (χ1v) is 7.26. The van der Waals surface area contributed by atoms with Gasteiger partial charge in [0.1, 0.15) is 0 Å². The first kappa shape index (κ1) is 14.6. The van der Waals surface area contributed by atoms with E-state index in [4.69, 9.17) is 5.73 Å². The van der Waals surface area contributed by atoms with Gasteiger partial charge in [0.15, 0.2) is 0 Å². The molecule has 2 nitrogen and oxygen atoms in total. The summed E-state index contributed by atoms with van der Waals surface area (Å²) in [5, 5.41) is 0. The lowest BCUT2D eigenvalue weighted by Crippen LogP contribution is -2.25. The summed E-state index contributed by atoms with van der Waals surface area (Å²) in [6.45, 7) is 6.30. The maximum atomic E-state index is 5.76. The number of hydrogen-bond donors (Lipinski definition) is 1. The van der Waals surface area contributed by atoms with Crippen LogP contribution in [0, 0.1) is 0 Å². The third-order valence-corrected chi connectivity index (χ3v) is 3.55. The normalized spacial score (nSPS) is 13.0. The van der Waals surface area contributed by atoms with Crippen LogP contribution < -0.4 is 5.73 Å². The van der Waals surface area contributed by atoms with Gasteiger partial charge in [-0.25, -0.2) is 0 Å². The molecule has 1 atom stereocenters. The van der Waals surface area contributed by atoms with Crippen molar-refractivity contribution in [3.05, 3.63) is 29.8 Å². The molecular formula is C14H24N2S. The van der Waals surface area contributed by atoms with Crippen molar-refractivity contribution < 1.29 is 0 Å². The van der Waals surface area contributed by atoms with Crippen LogP contribution in [0.3, 0.4) is 0 Å². The van der Waals surface area contributed by atoms with Crippen LogP contribution in [0.15, 0.2) is 29.2 Å². The van der Waals surface area contributed by atoms with E-state index in [1.54, 1.807) is 0 Å². The molecule has 1 unspecified atom stereocenters. The van der Waals surface area contributed by atoms with E-state index in [1.807, 2.05) is 11.8 Å². The van der Waals surface area contributed by atoms with Crippen molar-refractivity contribution in [1.29, 1.82) is 0 Å². The molecule has 0 heterocycles. The Bertz CT molecular complexity index is 309. The van der Waals surface area contributed by atoms with Crippen LogP contribution >= 0.6 is 11.8 Å². The summed E-state index contributed by atoms with van der Waals surface area (Å²) in [5.74, 6) is 1.13. The molecule has 96 valence electrons. The van der Waals surface area contributed by atoms with Crippen molar-refractivity contribution in [2.75, 3.05) is 19.3 Å². The molecule has 0 spiro atoms. The fourth-order valence-corrected chi connectivity index (χ4v) is 2.33. The van der Waals surface area contributed by atoms with Crippen molar-refractivity contribution >= 4 is 11.8 Å². The summed E-state index contributed by atoms with van der Waals surface area (Å²) >= 11 is 1.89. The van der Waals surface area contributed by atoms with Crippen molar-refractivity contribution in [1.82, 2.24) is 4.90 Å². The Labute approximate surface area is 110 Å². The molecule has 0 radical (unpaired) electrons. The molecule has 0 aliphatic carbocycles. The number of hydrogen-bond acceptors (Lipinski definition) is 3. The smallest absolute Gasteiger partial charge is 0.0230 e. The second kappa shape index (κ2) is 7.75. The van der Waals surface area contributed by atoms with Gasteiger partial charge in [-0.2, -0.15) is 0 Å². The summed E-state index contributed by atoms with van der Waals surface area (Å²) in [6.07, 6.45) is 1.06. The van der Waals surface area contributed by atoms with Gasteiger partial charge in [0.25, 0.3) is 0 Å². The summed E-state index contributed by atoms with van der Waals surface area (Å²) in [5.41, 5.74) is 7.13. The second-order valence-corrected chi connectivity index (χ2v) is 5.92. The molecular weight excluding hydrogens is 228 g/mol. The molecule has 0 bridgehead atoms. The van der Waals surface area contributed by atoms with Gasteiger partial charge in [0.05, 0.1) is 0 Å². The molecule has 0 saturated heterocycles. The van der Waals surface area contributed by atoms with Gasteiger partial charge >= 0.3 is 0 Å². The highest BCUT2D eigenvalue weighted by Gasteiger charge is 2.02. The van der Waals surface area contributed by atoms with Crippen molar-refractivity contribution in [3.63, 3.8) is 0 Å². The zero-order valence-corrected chi connectivity index (χ0v) is 12.0. The van der Waals surface area contributed by atoms with Crippen LogP contribution in [0.5, 0.6) is 0 Å². The highest BCUT2D eigenvalue weighted by molar-refractivity contribution is 7.99. The van der Waals surface area contributed by atoms with Crippen LogP contribution in [0.25, 0.3) is 0 Å². The van der Waals surface area contributed by atoms with E-state index in [0.29, 0.717) is 6.04 Å². The number of nitrogens with two attached hydrogens (primary N) is 1. The van der Waals surface area contributed by atoms with Gasteiger partial charge < -0.3 is 10.6 Å². The average molecular weight is 252 g/mol. The van der Waals surface area contributed by atoms with Gasteiger partial charge in [-0.05, 0) is 50.4 Å². The van der Waals surface area contributed by atoms with E-state index in [0.717, 1.165) is 25.3 Å². The first-order chi connectivity index (χ1) is 8.11. The van der Waals surface area contributed by atoms with E-state index in [-0.39, 0.29) is 0 Å². The van der Waals surface area contributed by atoms with Crippen molar-refractivity contribution in [2.45, 2.75) is 37.8 Å². The predicted octanol–water partition coefficient (Wildman–Crippen LogP) is 2.97. The van der Waals surface area contributed by atoms with Gasteiger partial charge in [-0.3, -0.25) is 0 Å². The Hall–Kier alpha value is -0.510. The zero-order valence-electron chi connectivity index (χ0n) is 11.1. The quantitative estimate of drug-likeness (QED) is 0.757. The molecule has 0 aromatic heterocycles. The zero-order chi connectivity index (χ0) is 12.7. The standard InChI is InChI=1S/C14H24N2S/c1-4-17-14-7-5-13(6-8-14)11-16(3)10-9-12(2)15/h5-8,12H,4,9-11,15H2,1-3H3. The first-order valence-electron chi connectivity index (χ1n) is 6.27. The number of benzene rings is 1. The largest absolute Gasteiger partial charge is 0.328 e. The Morgan fingerprint density at radius 3 is 2.47 bits per heavy atom. The van der Waals surface area contributed by atoms with E-state index >= 15 is 0 Å². The fraction of sp³-hybridized carbons (Fsp3) is 0.571. The predicted molar refractivity (Wildman–Crippen MR) is 77.4 cm³/mol. The Balaban J connectivity index is 2.40. The molecule has 2 N–H and O–H groups in total. The summed E-state index contributed by atoms with van der Waals surface area (Å²) < 4.78 is 0. The third kappa shape index (κ3) is 6.10. The topological polar surface area (TPSA) is 29.3 Å². The highest BCUT2D eigenvalue weighted by Crippen LogP contribution is 2.18. The maximum Gasteiger partial charge on any atom is 0.0230 e. The van der Waals surface area contributed by atoms with E-state index < -0.39 is 0 Å². The van der Waals surface area contributed by atoms with Gasteiger partial charge in [0, 0.05) is 17.5 Å². The number of nitrogens with zero attached hydrogens (tertiary/aromatic N) is 1. The SMILES string of the molecule is CCSc1ccc(CN(C)CCC(C)N)cc1. The molecule has 0 aliphatic heterocycles. The fourth-order valence-electron chi connectivity index (χ4n) is 1.67. The van der Waals surface area contributed by atoms with E-state index in [2.05, 4.69) is 50.1 Å². The molecule has 0 saturated carbocycles. The molecule has 17 heavy (non-hydrogen) atoms. The Morgan fingerprint density at radius 1 is 1.29 bits per heavy atom. The monoisotopic (exact) mass is 252 g/mol. The molecule has 1 aromatic carbocycles. The molecule has 1 rings (SSSR count). The third-order valence-electron chi connectivity index (χ3n) is 2.65. The average Bonchev–Trinajstić information content (AvgIpc) is 2.29. The summed E-state index contributed by atoms with van der Waals surface area (Å²) in [7, 11) is 2.15.